The van der Waals surface area contributed by atoms with E-state index in [0.29, 0.717) is 11.5 Å². The van der Waals surface area contributed by atoms with Gasteiger partial charge in [-0.15, -0.1) is 0 Å². The Morgan fingerprint density at radius 1 is 1.14 bits per heavy atom. The van der Waals surface area contributed by atoms with Gasteiger partial charge in [0, 0.05) is 21.2 Å². The van der Waals surface area contributed by atoms with Crippen LogP contribution in [0.2, 0.25) is 0 Å². The molecule has 7 nitrogen and oxygen atoms in total. The summed E-state index contributed by atoms with van der Waals surface area (Å²) in [4.78, 5) is 31.5. The number of hydrogen-bond acceptors (Lipinski definition) is 4. The van der Waals surface area contributed by atoms with E-state index in [1.165, 1.54) is 11.6 Å². The summed E-state index contributed by atoms with van der Waals surface area (Å²) in [6.07, 6.45) is -0.437. The Bertz CT molecular complexity index is 937. The van der Waals surface area contributed by atoms with Crippen molar-refractivity contribution >= 4 is 11.2 Å². The van der Waals surface area contributed by atoms with Crippen LogP contribution in [0.25, 0.3) is 11.2 Å². The molecule has 0 fully saturated rings. The average molecular weight is 300 g/mol. The van der Waals surface area contributed by atoms with Gasteiger partial charge >= 0.3 is 5.69 Å². The third-order valence-corrected chi connectivity index (χ3v) is 3.70. The number of aryl methyl sites for hydroxylation is 1. The number of aromatic nitrogens is 4. The number of nitrogens with zero attached hydrogens (tertiary/aromatic N) is 3. The van der Waals surface area contributed by atoms with Crippen LogP contribution in [0.4, 0.5) is 0 Å². The van der Waals surface area contributed by atoms with Crippen LogP contribution >= 0.6 is 0 Å². The zero-order valence-corrected chi connectivity index (χ0v) is 12.5. The van der Waals surface area contributed by atoms with Crippen LogP contribution in [0.3, 0.4) is 0 Å². The van der Waals surface area contributed by atoms with Crippen molar-refractivity contribution in [2.24, 2.45) is 14.1 Å². The normalized spacial score (nSPS) is 12.7. The monoisotopic (exact) mass is 300 g/mol. The molecule has 7 heteroatoms. The van der Waals surface area contributed by atoms with Gasteiger partial charge in [-0.2, -0.15) is 0 Å². The van der Waals surface area contributed by atoms with Crippen molar-refractivity contribution in [2.75, 3.05) is 7.11 Å². The maximum Gasteiger partial charge on any atom is 0.332 e. The van der Waals surface area contributed by atoms with Gasteiger partial charge in [0.05, 0.1) is 0 Å². The quantitative estimate of drug-likeness (QED) is 0.772. The van der Waals surface area contributed by atoms with Crippen LogP contribution in [-0.2, 0) is 18.8 Å². The third-order valence-electron chi connectivity index (χ3n) is 3.70. The van der Waals surface area contributed by atoms with Gasteiger partial charge in [-0.25, -0.2) is 9.78 Å². The summed E-state index contributed by atoms with van der Waals surface area (Å²) in [6.45, 7) is 0. The van der Waals surface area contributed by atoms with Gasteiger partial charge in [0.2, 0.25) is 0 Å². The highest BCUT2D eigenvalue weighted by Crippen LogP contribution is 2.23. The first-order chi connectivity index (χ1) is 10.5. The number of methoxy groups -OCH3 is 1. The smallest absolute Gasteiger partial charge is 0.332 e. The van der Waals surface area contributed by atoms with Crippen LogP contribution in [0.1, 0.15) is 17.5 Å². The Hall–Kier alpha value is -2.67. The van der Waals surface area contributed by atoms with Crippen molar-refractivity contribution < 1.29 is 4.74 Å². The Labute approximate surface area is 125 Å². The number of rotatable bonds is 3. The first kappa shape index (κ1) is 14.3. The van der Waals surface area contributed by atoms with Crippen molar-refractivity contribution in [3.63, 3.8) is 0 Å². The summed E-state index contributed by atoms with van der Waals surface area (Å²) in [5.41, 5.74) is 0.702. The number of aromatic amines is 1. The molecule has 0 saturated carbocycles. The SMILES string of the molecule is COC(c1ccccc1)c1nc2c([nH]1)c(=O)n(C)c(=O)n2C. The van der Waals surface area contributed by atoms with Crippen LogP contribution in [-0.4, -0.2) is 26.2 Å². The Morgan fingerprint density at radius 2 is 1.82 bits per heavy atom. The fourth-order valence-corrected chi connectivity index (χ4v) is 2.50. The lowest BCUT2D eigenvalue weighted by atomic mass is 10.1. The van der Waals surface area contributed by atoms with E-state index in [1.54, 1.807) is 14.2 Å². The molecule has 3 aromatic rings. The molecule has 0 radical (unpaired) electrons. The van der Waals surface area contributed by atoms with Crippen LogP contribution < -0.4 is 11.2 Å². The molecule has 114 valence electrons. The van der Waals surface area contributed by atoms with Gasteiger partial charge in [-0.1, -0.05) is 30.3 Å². The molecule has 0 spiro atoms. The standard InChI is InChI=1S/C15H16N4O3/c1-18-13-10(14(20)19(2)15(18)21)16-12(17-13)11(22-3)9-7-5-4-6-8-9/h4-8,11H,1-3H3,(H,16,17). The van der Waals surface area contributed by atoms with Crippen LogP contribution in [0.5, 0.6) is 0 Å². The van der Waals surface area contributed by atoms with E-state index in [2.05, 4.69) is 9.97 Å². The Balaban J connectivity index is 2.25. The molecule has 1 N–H and O–H groups in total. The Morgan fingerprint density at radius 3 is 2.45 bits per heavy atom. The van der Waals surface area contributed by atoms with E-state index in [9.17, 15) is 9.59 Å². The van der Waals surface area contributed by atoms with E-state index in [0.717, 1.165) is 10.1 Å². The number of H-pyrrole nitrogens is 1. The molecule has 1 aromatic carbocycles. The van der Waals surface area contributed by atoms with Crippen molar-refractivity contribution in [3.8, 4) is 0 Å². The summed E-state index contributed by atoms with van der Waals surface area (Å²) in [7, 11) is 4.59. The second kappa shape index (κ2) is 5.27. The first-order valence-electron chi connectivity index (χ1n) is 6.78. The van der Waals surface area contributed by atoms with Gasteiger partial charge in [-0.3, -0.25) is 13.9 Å². The topological polar surface area (TPSA) is 81.9 Å². The third kappa shape index (κ3) is 2.06. The molecule has 22 heavy (non-hydrogen) atoms. The molecule has 0 amide bonds. The molecule has 1 unspecified atom stereocenters. The molecule has 3 rings (SSSR count). The summed E-state index contributed by atoms with van der Waals surface area (Å²) >= 11 is 0. The summed E-state index contributed by atoms with van der Waals surface area (Å²) in [5.74, 6) is 0.488. The van der Waals surface area contributed by atoms with Gasteiger partial charge in [0.1, 0.15) is 17.4 Å². The maximum absolute atomic E-state index is 12.2. The summed E-state index contributed by atoms with van der Waals surface area (Å²) in [6, 6.07) is 9.54. The number of imidazole rings is 1. The lowest BCUT2D eigenvalue weighted by Crippen LogP contribution is -2.36. The summed E-state index contributed by atoms with van der Waals surface area (Å²) in [5, 5.41) is 0. The highest BCUT2D eigenvalue weighted by Gasteiger charge is 2.20. The van der Waals surface area contributed by atoms with Crippen LogP contribution in [0, 0.1) is 0 Å². The molecule has 0 saturated heterocycles. The van der Waals surface area contributed by atoms with E-state index in [4.69, 9.17) is 4.74 Å². The van der Waals surface area contributed by atoms with Gasteiger partial charge in [-0.05, 0) is 5.56 Å². The highest BCUT2D eigenvalue weighted by molar-refractivity contribution is 5.70. The molecule has 0 aliphatic rings. The fraction of sp³-hybridized carbons (Fsp3) is 0.267. The first-order valence-corrected chi connectivity index (χ1v) is 6.78. The number of benzene rings is 1. The van der Waals surface area contributed by atoms with E-state index in [1.807, 2.05) is 30.3 Å². The number of hydrogen-bond donors (Lipinski definition) is 1. The van der Waals surface area contributed by atoms with Crippen molar-refractivity contribution in [2.45, 2.75) is 6.10 Å². The van der Waals surface area contributed by atoms with Crippen molar-refractivity contribution in [3.05, 3.63) is 62.6 Å². The predicted octanol–water partition coefficient (Wildman–Crippen LogP) is 0.696. The minimum Gasteiger partial charge on any atom is -0.369 e. The molecule has 2 heterocycles. The van der Waals surface area contributed by atoms with Gasteiger partial charge < -0.3 is 9.72 Å². The zero-order chi connectivity index (χ0) is 15.9. The van der Waals surface area contributed by atoms with Crippen molar-refractivity contribution in [1.29, 1.82) is 0 Å². The highest BCUT2D eigenvalue weighted by atomic mass is 16.5. The van der Waals surface area contributed by atoms with E-state index >= 15 is 0 Å². The summed E-state index contributed by atoms with van der Waals surface area (Å²) < 4.78 is 7.89. The molecule has 0 aliphatic heterocycles. The Kier molecular flexibility index (Phi) is 3.42. The number of ether oxygens (including phenoxy) is 1. The minimum absolute atomic E-state index is 0.289. The molecular formula is C15H16N4O3. The van der Waals surface area contributed by atoms with Gasteiger partial charge in [0.25, 0.3) is 5.56 Å². The van der Waals surface area contributed by atoms with Gasteiger partial charge in [0.15, 0.2) is 5.65 Å². The second-order valence-corrected chi connectivity index (χ2v) is 5.05. The molecule has 1 atom stereocenters. The zero-order valence-electron chi connectivity index (χ0n) is 12.5. The van der Waals surface area contributed by atoms with Crippen molar-refractivity contribution in [1.82, 2.24) is 19.1 Å². The molecule has 0 bridgehead atoms. The number of fused-ring (bicyclic) bond motifs is 1. The minimum atomic E-state index is -0.437. The molecule has 0 aliphatic carbocycles. The van der Waals surface area contributed by atoms with E-state index < -0.39 is 17.4 Å². The molecular weight excluding hydrogens is 284 g/mol. The average Bonchev–Trinajstić information content (AvgIpc) is 2.98. The second-order valence-electron chi connectivity index (χ2n) is 5.05. The fourth-order valence-electron chi connectivity index (χ4n) is 2.50. The van der Waals surface area contributed by atoms with Crippen LogP contribution in [0.15, 0.2) is 39.9 Å². The maximum atomic E-state index is 12.2. The lowest BCUT2D eigenvalue weighted by molar-refractivity contribution is 0.130. The lowest BCUT2D eigenvalue weighted by Gasteiger charge is -2.12. The predicted molar refractivity (Wildman–Crippen MR) is 81.9 cm³/mol. The number of nitrogens with one attached hydrogen (secondary N) is 1. The largest absolute Gasteiger partial charge is 0.369 e. The van der Waals surface area contributed by atoms with E-state index in [-0.39, 0.29) is 5.52 Å². The molecule has 2 aromatic heterocycles.